The smallest absolute Gasteiger partial charge is 0.401 e. The highest BCUT2D eigenvalue weighted by Gasteiger charge is 2.33. The topological polar surface area (TPSA) is 50.3 Å². The molecule has 0 aromatic carbocycles. The van der Waals surface area contributed by atoms with E-state index < -0.39 is 12.7 Å². The molecule has 0 saturated carbocycles. The summed E-state index contributed by atoms with van der Waals surface area (Å²) >= 11 is 0. The van der Waals surface area contributed by atoms with Gasteiger partial charge >= 0.3 is 6.18 Å². The van der Waals surface area contributed by atoms with Crippen LogP contribution >= 0.6 is 0 Å². The average Bonchev–Trinajstić information content (AvgIpc) is 2.38. The van der Waals surface area contributed by atoms with Crippen LogP contribution in [-0.4, -0.2) is 53.3 Å². The number of nitrogens with zero attached hydrogens (tertiary/aromatic N) is 3. The van der Waals surface area contributed by atoms with Crippen molar-refractivity contribution >= 4 is 5.82 Å². The molecule has 5 nitrogen and oxygen atoms in total. The second-order valence-electron chi connectivity index (χ2n) is 5.01. The first-order valence-electron chi connectivity index (χ1n) is 6.97. The van der Waals surface area contributed by atoms with E-state index in [1.165, 1.54) is 11.2 Å². The van der Waals surface area contributed by atoms with Crippen LogP contribution in [0.2, 0.25) is 0 Å². The van der Waals surface area contributed by atoms with Crippen molar-refractivity contribution in [3.8, 4) is 5.88 Å². The Kier molecular flexibility index (Phi) is 5.22. The Balaban J connectivity index is 1.91. The summed E-state index contributed by atoms with van der Waals surface area (Å²) in [5.74, 6) is 1.03. The molecule has 0 radical (unpaired) electrons. The lowest BCUT2D eigenvalue weighted by atomic mass is 10.1. The number of likely N-dealkylation sites (tertiary alicyclic amines) is 1. The van der Waals surface area contributed by atoms with E-state index in [1.54, 1.807) is 6.07 Å². The molecular weight excluding hydrogens is 285 g/mol. The fourth-order valence-corrected chi connectivity index (χ4v) is 2.42. The summed E-state index contributed by atoms with van der Waals surface area (Å²) in [6.45, 7) is 2.32. The molecule has 1 aromatic heterocycles. The Hall–Kier alpha value is -1.57. The fourth-order valence-electron chi connectivity index (χ4n) is 2.42. The zero-order valence-electron chi connectivity index (χ0n) is 11.9. The molecule has 0 aliphatic carbocycles. The normalized spacial score (nSPS) is 20.3. The third kappa shape index (κ3) is 5.37. The van der Waals surface area contributed by atoms with E-state index in [1.807, 2.05) is 6.92 Å². The van der Waals surface area contributed by atoms with Gasteiger partial charge in [-0.1, -0.05) is 0 Å². The minimum atomic E-state index is -4.15. The quantitative estimate of drug-likeness (QED) is 0.904. The zero-order chi connectivity index (χ0) is 15.3. The van der Waals surface area contributed by atoms with Crippen molar-refractivity contribution in [2.24, 2.45) is 0 Å². The maximum absolute atomic E-state index is 12.4. The van der Waals surface area contributed by atoms with Crippen LogP contribution in [0.1, 0.15) is 19.8 Å². The fraction of sp³-hybridized carbons (Fsp3) is 0.692. The van der Waals surface area contributed by atoms with Crippen molar-refractivity contribution in [2.45, 2.75) is 32.0 Å². The number of hydrogen-bond donors (Lipinski definition) is 1. The first-order chi connectivity index (χ1) is 9.96. The van der Waals surface area contributed by atoms with Gasteiger partial charge in [0.25, 0.3) is 0 Å². The second kappa shape index (κ2) is 6.93. The number of alkyl halides is 3. The molecule has 1 unspecified atom stereocenters. The molecule has 2 heterocycles. The first kappa shape index (κ1) is 15.8. The number of rotatable bonds is 5. The minimum absolute atomic E-state index is 0.0505. The van der Waals surface area contributed by atoms with Gasteiger partial charge in [0.15, 0.2) is 0 Å². The molecule has 21 heavy (non-hydrogen) atoms. The number of halogens is 3. The number of aromatic nitrogens is 2. The van der Waals surface area contributed by atoms with Gasteiger partial charge in [-0.3, -0.25) is 4.90 Å². The minimum Gasteiger partial charge on any atom is -0.478 e. The van der Waals surface area contributed by atoms with E-state index in [2.05, 4.69) is 15.3 Å². The molecule has 1 saturated heterocycles. The Morgan fingerprint density at radius 1 is 1.43 bits per heavy atom. The highest BCUT2D eigenvalue weighted by molar-refractivity contribution is 5.38. The largest absolute Gasteiger partial charge is 0.478 e. The van der Waals surface area contributed by atoms with E-state index in [0.29, 0.717) is 31.4 Å². The molecule has 1 aromatic rings. The van der Waals surface area contributed by atoms with Gasteiger partial charge in [0.2, 0.25) is 5.88 Å². The number of anilines is 1. The SMILES string of the molecule is CCOc1cc(NC2CCCN(CC(F)(F)F)C2)ncn1. The predicted octanol–water partition coefficient (Wildman–Crippen LogP) is 2.31. The maximum atomic E-state index is 12.4. The van der Waals surface area contributed by atoms with Crippen molar-refractivity contribution in [3.05, 3.63) is 12.4 Å². The lowest BCUT2D eigenvalue weighted by Crippen LogP contribution is -2.45. The summed E-state index contributed by atoms with van der Waals surface area (Å²) < 4.78 is 42.6. The predicted molar refractivity (Wildman–Crippen MR) is 72.3 cm³/mol. The van der Waals surface area contributed by atoms with Gasteiger partial charge in [-0.2, -0.15) is 13.2 Å². The molecule has 0 bridgehead atoms. The summed E-state index contributed by atoms with van der Waals surface area (Å²) in [7, 11) is 0. The van der Waals surface area contributed by atoms with E-state index >= 15 is 0 Å². The van der Waals surface area contributed by atoms with Crippen LogP contribution in [0, 0.1) is 0 Å². The van der Waals surface area contributed by atoms with Crippen LogP contribution in [-0.2, 0) is 0 Å². The standard InChI is InChI=1S/C13H19F3N4O/c1-2-21-12-6-11(17-9-18-12)19-10-4-3-5-20(7-10)8-13(14,15)16/h6,9-10H,2-5,7-8H2,1H3,(H,17,18,19). The third-order valence-electron chi connectivity index (χ3n) is 3.19. The average molecular weight is 304 g/mol. The number of hydrogen-bond acceptors (Lipinski definition) is 5. The Morgan fingerprint density at radius 2 is 2.24 bits per heavy atom. The summed E-state index contributed by atoms with van der Waals surface area (Å²) in [6.07, 6.45) is -1.22. The summed E-state index contributed by atoms with van der Waals surface area (Å²) in [5.41, 5.74) is 0. The van der Waals surface area contributed by atoms with Gasteiger partial charge < -0.3 is 10.1 Å². The van der Waals surface area contributed by atoms with Gasteiger partial charge in [0.1, 0.15) is 12.1 Å². The third-order valence-corrected chi connectivity index (χ3v) is 3.19. The van der Waals surface area contributed by atoms with Gasteiger partial charge in [0, 0.05) is 18.7 Å². The lowest BCUT2D eigenvalue weighted by molar-refractivity contribution is -0.147. The molecule has 1 aliphatic heterocycles. The van der Waals surface area contributed by atoms with Crippen molar-refractivity contribution < 1.29 is 17.9 Å². The van der Waals surface area contributed by atoms with Gasteiger partial charge in [-0.15, -0.1) is 0 Å². The molecular formula is C13H19F3N4O. The molecule has 0 amide bonds. The van der Waals surface area contributed by atoms with Crippen molar-refractivity contribution in [2.75, 3.05) is 31.6 Å². The molecule has 8 heteroatoms. The Bertz CT molecular complexity index is 455. The number of nitrogens with one attached hydrogen (secondary N) is 1. The molecule has 2 rings (SSSR count). The maximum Gasteiger partial charge on any atom is 0.401 e. The van der Waals surface area contributed by atoms with Crippen molar-refractivity contribution in [3.63, 3.8) is 0 Å². The van der Waals surface area contributed by atoms with Gasteiger partial charge in [0.05, 0.1) is 13.2 Å². The zero-order valence-corrected chi connectivity index (χ0v) is 11.9. The Labute approximate surface area is 121 Å². The molecule has 118 valence electrons. The second-order valence-corrected chi connectivity index (χ2v) is 5.01. The first-order valence-corrected chi connectivity index (χ1v) is 6.97. The van der Waals surface area contributed by atoms with Crippen LogP contribution in [0.4, 0.5) is 19.0 Å². The van der Waals surface area contributed by atoms with Crippen LogP contribution in [0.25, 0.3) is 0 Å². The van der Waals surface area contributed by atoms with Gasteiger partial charge in [-0.05, 0) is 26.3 Å². The van der Waals surface area contributed by atoms with Crippen LogP contribution in [0.15, 0.2) is 12.4 Å². The Morgan fingerprint density at radius 3 is 2.95 bits per heavy atom. The monoisotopic (exact) mass is 304 g/mol. The van der Waals surface area contributed by atoms with Crippen LogP contribution in [0.3, 0.4) is 0 Å². The highest BCUT2D eigenvalue weighted by atomic mass is 19.4. The molecule has 1 aliphatic rings. The number of piperidine rings is 1. The van der Waals surface area contributed by atoms with Crippen LogP contribution in [0.5, 0.6) is 5.88 Å². The van der Waals surface area contributed by atoms with E-state index in [-0.39, 0.29) is 6.04 Å². The lowest BCUT2D eigenvalue weighted by Gasteiger charge is -2.33. The van der Waals surface area contributed by atoms with Crippen LogP contribution < -0.4 is 10.1 Å². The summed E-state index contributed by atoms with van der Waals surface area (Å²) in [4.78, 5) is 9.45. The van der Waals surface area contributed by atoms with E-state index in [0.717, 1.165) is 12.8 Å². The highest BCUT2D eigenvalue weighted by Crippen LogP contribution is 2.21. The molecule has 1 atom stereocenters. The van der Waals surface area contributed by atoms with E-state index in [9.17, 15) is 13.2 Å². The van der Waals surface area contributed by atoms with Crippen molar-refractivity contribution in [1.82, 2.24) is 14.9 Å². The molecule has 1 fully saturated rings. The molecule has 1 N–H and O–H groups in total. The molecule has 0 spiro atoms. The van der Waals surface area contributed by atoms with Gasteiger partial charge in [-0.25, -0.2) is 9.97 Å². The summed E-state index contributed by atoms with van der Waals surface area (Å²) in [6, 6.07) is 1.61. The number of ether oxygens (including phenoxy) is 1. The van der Waals surface area contributed by atoms with E-state index in [4.69, 9.17) is 4.74 Å². The summed E-state index contributed by atoms with van der Waals surface area (Å²) in [5, 5.41) is 3.16. The van der Waals surface area contributed by atoms with Crippen molar-refractivity contribution in [1.29, 1.82) is 0 Å².